The molecule has 5 nitrogen and oxygen atoms in total. The molecule has 0 bridgehead atoms. The van der Waals surface area contributed by atoms with Gasteiger partial charge in [0.05, 0.1) is 27.0 Å². The van der Waals surface area contributed by atoms with E-state index in [0.717, 1.165) is 31.1 Å². The normalized spacial score (nSPS) is 11.4. The minimum atomic E-state index is 0.409. The third-order valence-corrected chi connectivity index (χ3v) is 6.54. The minimum absolute atomic E-state index is 0.409. The molecule has 166 valence electrons. The van der Waals surface area contributed by atoms with Gasteiger partial charge in [-0.2, -0.15) is 5.26 Å². The number of imidazole rings is 1. The van der Waals surface area contributed by atoms with Gasteiger partial charge in [-0.15, -0.1) is 0 Å². The number of fused-ring (bicyclic) bond motifs is 1. The van der Waals surface area contributed by atoms with Crippen LogP contribution in [0.4, 0.5) is 0 Å². The molecule has 4 rings (SSSR count). The van der Waals surface area contributed by atoms with E-state index in [-0.39, 0.29) is 0 Å². The first kappa shape index (κ1) is 23.4. The van der Waals surface area contributed by atoms with Crippen molar-refractivity contribution in [3.63, 3.8) is 0 Å². The predicted molar refractivity (Wildman–Crippen MR) is 139 cm³/mol. The number of allylic oxidation sites excluding steroid dienone is 1. The van der Waals surface area contributed by atoms with Gasteiger partial charge in [0.25, 0.3) is 0 Å². The molecule has 0 atom stereocenters. The van der Waals surface area contributed by atoms with Gasteiger partial charge in [0.15, 0.2) is 16.7 Å². The number of aromatic nitrogens is 2. The summed E-state index contributed by atoms with van der Waals surface area (Å²) < 4.78 is 13.7. The summed E-state index contributed by atoms with van der Waals surface area (Å²) in [5, 5.41) is 10.4. The zero-order valence-electron chi connectivity index (χ0n) is 17.6. The molecule has 0 aliphatic rings. The zero-order chi connectivity index (χ0) is 23.2. The second-order valence-electron chi connectivity index (χ2n) is 6.96. The van der Waals surface area contributed by atoms with Gasteiger partial charge in [-0.3, -0.25) is 0 Å². The van der Waals surface area contributed by atoms with Gasteiger partial charge in [0, 0.05) is 4.47 Å². The molecule has 1 heterocycles. The average molecular weight is 585 g/mol. The summed E-state index contributed by atoms with van der Waals surface area (Å²) >= 11 is 8.34. The average Bonchev–Trinajstić information content (AvgIpc) is 3.22. The van der Waals surface area contributed by atoms with E-state index < -0.39 is 0 Å². The highest BCUT2D eigenvalue weighted by Crippen LogP contribution is 2.39. The Labute approximate surface area is 213 Å². The number of rotatable bonds is 8. The van der Waals surface area contributed by atoms with Crippen LogP contribution < -0.4 is 9.47 Å². The maximum absolute atomic E-state index is 9.70. The molecule has 8 heteroatoms. The molecule has 0 saturated carbocycles. The number of hydrogen-bond donors (Lipinski definition) is 1. The number of para-hydroxylation sites is 2. The van der Waals surface area contributed by atoms with Crippen LogP contribution >= 0.6 is 43.6 Å². The van der Waals surface area contributed by atoms with Crippen molar-refractivity contribution in [1.29, 1.82) is 5.26 Å². The number of nitriles is 1. The Hall–Kier alpha value is -2.73. The third-order valence-electron chi connectivity index (χ3n) is 4.61. The van der Waals surface area contributed by atoms with E-state index in [1.807, 2.05) is 73.7 Å². The van der Waals surface area contributed by atoms with Crippen molar-refractivity contribution in [3.8, 4) is 17.6 Å². The van der Waals surface area contributed by atoms with Crippen LogP contribution in [-0.4, -0.2) is 16.6 Å². The highest BCUT2D eigenvalue weighted by molar-refractivity contribution is 9.10. The van der Waals surface area contributed by atoms with Crippen LogP contribution in [0.15, 0.2) is 79.7 Å². The number of halogens is 2. The van der Waals surface area contributed by atoms with Crippen molar-refractivity contribution >= 4 is 60.7 Å². The maximum atomic E-state index is 9.70. The van der Waals surface area contributed by atoms with Gasteiger partial charge >= 0.3 is 0 Å². The Morgan fingerprint density at radius 2 is 1.91 bits per heavy atom. The van der Waals surface area contributed by atoms with Gasteiger partial charge < -0.3 is 14.5 Å². The first-order valence-electron chi connectivity index (χ1n) is 10.1. The molecule has 4 aromatic rings. The minimum Gasteiger partial charge on any atom is -0.490 e. The molecule has 0 amide bonds. The van der Waals surface area contributed by atoms with Gasteiger partial charge in [0.2, 0.25) is 0 Å². The van der Waals surface area contributed by atoms with E-state index in [0.29, 0.717) is 34.8 Å². The lowest BCUT2D eigenvalue weighted by molar-refractivity contribution is 0.267. The van der Waals surface area contributed by atoms with Gasteiger partial charge in [-0.25, -0.2) is 4.98 Å². The molecule has 1 N–H and O–H groups in total. The largest absolute Gasteiger partial charge is 0.490 e. The van der Waals surface area contributed by atoms with E-state index in [1.165, 1.54) is 11.8 Å². The molecule has 0 radical (unpaired) electrons. The number of hydrogen-bond acceptors (Lipinski definition) is 5. The molecule has 0 aliphatic carbocycles. The lowest BCUT2D eigenvalue weighted by Gasteiger charge is -2.15. The lowest BCUT2D eigenvalue weighted by Crippen LogP contribution is -2.01. The third kappa shape index (κ3) is 5.99. The highest BCUT2D eigenvalue weighted by atomic mass is 79.9. The zero-order valence-corrected chi connectivity index (χ0v) is 21.6. The van der Waals surface area contributed by atoms with E-state index in [9.17, 15) is 5.26 Å². The van der Waals surface area contributed by atoms with Gasteiger partial charge in [0.1, 0.15) is 12.7 Å². The van der Waals surface area contributed by atoms with Crippen molar-refractivity contribution in [1.82, 2.24) is 9.97 Å². The molecule has 0 aliphatic heterocycles. The van der Waals surface area contributed by atoms with Gasteiger partial charge in [-0.1, -0.05) is 40.2 Å². The summed E-state index contributed by atoms with van der Waals surface area (Å²) in [5.74, 6) is 1.24. The van der Waals surface area contributed by atoms with E-state index in [4.69, 9.17) is 9.47 Å². The summed E-state index contributed by atoms with van der Waals surface area (Å²) in [7, 11) is 0. The summed E-state index contributed by atoms with van der Waals surface area (Å²) in [6.45, 7) is 2.83. The molecular weight excluding hydrogens is 566 g/mol. The molecule has 0 unspecified atom stereocenters. The first-order chi connectivity index (χ1) is 16.1. The monoisotopic (exact) mass is 583 g/mol. The number of nitrogens with zero attached hydrogens (tertiary/aromatic N) is 2. The van der Waals surface area contributed by atoms with Crippen molar-refractivity contribution in [2.24, 2.45) is 0 Å². The molecule has 0 saturated heterocycles. The van der Waals surface area contributed by atoms with Gasteiger partial charge in [-0.05, 0) is 88.2 Å². The molecule has 0 fully saturated rings. The number of thioether (sulfide) groups is 1. The molecule has 3 aromatic carbocycles. The van der Waals surface area contributed by atoms with Crippen LogP contribution in [0.2, 0.25) is 0 Å². The van der Waals surface area contributed by atoms with Crippen molar-refractivity contribution < 1.29 is 9.47 Å². The number of benzene rings is 3. The Morgan fingerprint density at radius 1 is 1.12 bits per heavy atom. The number of nitrogens with one attached hydrogen (secondary N) is 1. The van der Waals surface area contributed by atoms with Crippen LogP contribution in [0.25, 0.3) is 17.1 Å². The number of ether oxygens (including phenoxy) is 2. The molecular formula is C25H19Br2N3O2S. The summed E-state index contributed by atoms with van der Waals surface area (Å²) in [6.07, 6.45) is 1.81. The van der Waals surface area contributed by atoms with Crippen molar-refractivity contribution in [2.75, 3.05) is 6.61 Å². The Bertz CT molecular complexity index is 1310. The lowest BCUT2D eigenvalue weighted by atomic mass is 10.2. The van der Waals surface area contributed by atoms with E-state index >= 15 is 0 Å². The van der Waals surface area contributed by atoms with Crippen molar-refractivity contribution in [2.45, 2.75) is 18.7 Å². The first-order valence-corrected chi connectivity index (χ1v) is 12.5. The van der Waals surface area contributed by atoms with Crippen LogP contribution in [0.1, 0.15) is 18.1 Å². The van der Waals surface area contributed by atoms with Crippen LogP contribution in [0.5, 0.6) is 11.5 Å². The Balaban J connectivity index is 1.57. The second kappa shape index (κ2) is 10.9. The van der Waals surface area contributed by atoms with Crippen LogP contribution in [0.3, 0.4) is 0 Å². The second-order valence-corrected chi connectivity index (χ2v) is 9.76. The molecule has 33 heavy (non-hydrogen) atoms. The maximum Gasteiger partial charge on any atom is 0.175 e. The number of aromatic amines is 1. The van der Waals surface area contributed by atoms with Crippen LogP contribution in [-0.2, 0) is 6.61 Å². The standard InChI is InChI=1S/C25H19Br2N3O2S/c1-2-31-23-13-17(12-20(27)24(23)32-15-16-7-9-18(26)10-8-16)11-19(14-28)33-25-29-21-5-3-4-6-22(21)30-25/h3-13H,2,15H2,1H3,(H,29,30)/b19-11+. The highest BCUT2D eigenvalue weighted by Gasteiger charge is 2.13. The smallest absolute Gasteiger partial charge is 0.175 e. The number of H-pyrrole nitrogens is 1. The topological polar surface area (TPSA) is 70.9 Å². The fourth-order valence-corrected chi connectivity index (χ4v) is 4.72. The fraction of sp³-hybridized carbons (Fsp3) is 0.120. The molecule has 1 aromatic heterocycles. The van der Waals surface area contributed by atoms with Crippen LogP contribution in [0, 0.1) is 11.3 Å². The predicted octanol–water partition coefficient (Wildman–Crippen LogP) is 7.72. The summed E-state index contributed by atoms with van der Waals surface area (Å²) in [6, 6.07) is 21.8. The van der Waals surface area contributed by atoms with E-state index in [2.05, 4.69) is 47.9 Å². The Morgan fingerprint density at radius 3 is 2.64 bits per heavy atom. The summed E-state index contributed by atoms with van der Waals surface area (Å²) in [5.41, 5.74) is 3.67. The van der Waals surface area contributed by atoms with Crippen molar-refractivity contribution in [3.05, 3.63) is 85.6 Å². The SMILES string of the molecule is CCOc1cc(/C=C(\C#N)Sc2nc3ccccc3[nH]2)cc(Br)c1OCc1ccc(Br)cc1. The Kier molecular flexibility index (Phi) is 7.76. The van der Waals surface area contributed by atoms with E-state index in [1.54, 1.807) is 0 Å². The quantitative estimate of drug-likeness (QED) is 0.169. The molecule has 0 spiro atoms. The fourth-order valence-electron chi connectivity index (χ4n) is 3.13. The summed E-state index contributed by atoms with van der Waals surface area (Å²) in [4.78, 5) is 8.28.